The Bertz CT molecular complexity index is 635. The maximum absolute atomic E-state index is 12.2. The topological polar surface area (TPSA) is 90.5 Å². The minimum atomic E-state index is -0.297. The lowest BCUT2D eigenvalue weighted by atomic mass is 10.1. The smallest absolute Gasteiger partial charge is 0.239 e. The molecule has 0 aromatic heterocycles. The second-order valence-corrected chi connectivity index (χ2v) is 6.62. The maximum Gasteiger partial charge on any atom is 0.239 e. The molecule has 0 saturated carbocycles. The van der Waals surface area contributed by atoms with E-state index < -0.39 is 0 Å². The predicted octanol–water partition coefficient (Wildman–Crippen LogP) is 1.12. The van der Waals surface area contributed by atoms with Crippen LogP contribution in [0.3, 0.4) is 0 Å². The van der Waals surface area contributed by atoms with E-state index in [1.807, 2.05) is 39.8 Å². The molecule has 7 nitrogen and oxygen atoms in total. The Hall–Kier alpha value is -2.41. The molecule has 26 heavy (non-hydrogen) atoms. The van der Waals surface area contributed by atoms with Gasteiger partial charge in [-0.05, 0) is 45.4 Å². The highest BCUT2D eigenvalue weighted by atomic mass is 16.2. The lowest BCUT2D eigenvalue weighted by Gasteiger charge is -2.18. The van der Waals surface area contributed by atoms with Crippen molar-refractivity contribution < 1.29 is 14.4 Å². The van der Waals surface area contributed by atoms with Crippen LogP contribution in [-0.2, 0) is 14.4 Å². The Labute approximate surface area is 155 Å². The molecule has 0 fully saturated rings. The van der Waals surface area contributed by atoms with E-state index in [-0.39, 0.29) is 37.4 Å². The van der Waals surface area contributed by atoms with Crippen molar-refractivity contribution in [3.63, 3.8) is 0 Å². The molecule has 1 aromatic carbocycles. The lowest BCUT2D eigenvalue weighted by Crippen LogP contribution is -2.42. The van der Waals surface area contributed by atoms with Gasteiger partial charge in [-0.15, -0.1) is 0 Å². The first-order valence-electron chi connectivity index (χ1n) is 8.82. The molecule has 0 heterocycles. The number of hydrogen-bond donors (Lipinski definition) is 3. The van der Waals surface area contributed by atoms with Gasteiger partial charge in [-0.1, -0.05) is 24.6 Å². The molecule has 1 rings (SSSR count). The first kappa shape index (κ1) is 21.6. The summed E-state index contributed by atoms with van der Waals surface area (Å²) in [5.74, 6) is -0.698. The van der Waals surface area contributed by atoms with E-state index in [9.17, 15) is 14.4 Å². The number of hydrogen-bond acceptors (Lipinski definition) is 4. The van der Waals surface area contributed by atoms with E-state index in [0.29, 0.717) is 6.54 Å². The molecule has 3 N–H and O–H groups in total. The molecule has 0 aliphatic carbocycles. The van der Waals surface area contributed by atoms with Crippen LogP contribution in [0.2, 0.25) is 0 Å². The van der Waals surface area contributed by atoms with Crippen molar-refractivity contribution in [3.05, 3.63) is 28.8 Å². The fraction of sp³-hybridized carbons (Fsp3) is 0.526. The van der Waals surface area contributed by atoms with E-state index in [4.69, 9.17) is 0 Å². The molecule has 0 aliphatic rings. The summed E-state index contributed by atoms with van der Waals surface area (Å²) in [5.41, 5.74) is 3.98. The van der Waals surface area contributed by atoms with Gasteiger partial charge in [-0.25, -0.2) is 0 Å². The molecule has 7 heteroatoms. The lowest BCUT2D eigenvalue weighted by molar-refractivity contribution is -0.127. The fourth-order valence-electron chi connectivity index (χ4n) is 2.66. The summed E-state index contributed by atoms with van der Waals surface area (Å²) in [6.07, 6.45) is 0.845. The Morgan fingerprint density at radius 1 is 0.923 bits per heavy atom. The molecule has 0 radical (unpaired) electrons. The van der Waals surface area contributed by atoms with Crippen LogP contribution >= 0.6 is 0 Å². The molecule has 0 unspecified atom stereocenters. The SMILES string of the molecule is CCCNC(=O)CNC(=O)CN(C)CC(=O)Nc1c(C)cc(C)cc1C. The van der Waals surface area contributed by atoms with Gasteiger partial charge < -0.3 is 16.0 Å². The number of carbonyl (C=O) groups is 3. The number of likely N-dealkylation sites (N-methyl/N-ethyl adjacent to an activating group) is 1. The van der Waals surface area contributed by atoms with Crippen molar-refractivity contribution in [3.8, 4) is 0 Å². The highest BCUT2D eigenvalue weighted by Gasteiger charge is 2.13. The van der Waals surface area contributed by atoms with Crippen molar-refractivity contribution in [1.29, 1.82) is 0 Å². The Balaban J connectivity index is 2.43. The molecule has 1 aromatic rings. The number of rotatable bonds is 9. The molecule has 0 saturated heterocycles. The Morgan fingerprint density at radius 2 is 1.50 bits per heavy atom. The average Bonchev–Trinajstić information content (AvgIpc) is 2.54. The number of carbonyl (C=O) groups excluding carboxylic acids is 3. The molecule has 3 amide bonds. The van der Waals surface area contributed by atoms with E-state index in [1.165, 1.54) is 0 Å². The zero-order valence-electron chi connectivity index (χ0n) is 16.4. The summed E-state index contributed by atoms with van der Waals surface area (Å²) in [7, 11) is 1.69. The van der Waals surface area contributed by atoms with Gasteiger partial charge in [0.05, 0.1) is 19.6 Å². The number of amides is 3. The van der Waals surface area contributed by atoms with Gasteiger partial charge >= 0.3 is 0 Å². The minimum absolute atomic E-state index is 0.0420. The highest BCUT2D eigenvalue weighted by molar-refractivity contribution is 5.94. The van der Waals surface area contributed by atoms with Gasteiger partial charge in [0, 0.05) is 12.2 Å². The number of nitrogens with one attached hydrogen (secondary N) is 3. The van der Waals surface area contributed by atoms with Crippen LogP contribution < -0.4 is 16.0 Å². The molecule has 0 spiro atoms. The first-order valence-corrected chi connectivity index (χ1v) is 8.82. The quantitative estimate of drug-likeness (QED) is 0.614. The normalized spacial score (nSPS) is 10.5. The predicted molar refractivity (Wildman–Crippen MR) is 103 cm³/mol. The van der Waals surface area contributed by atoms with E-state index in [0.717, 1.165) is 28.8 Å². The van der Waals surface area contributed by atoms with Gasteiger partial charge in [0.1, 0.15) is 0 Å². The van der Waals surface area contributed by atoms with Gasteiger partial charge in [0.2, 0.25) is 17.7 Å². The van der Waals surface area contributed by atoms with Gasteiger partial charge in [-0.3, -0.25) is 19.3 Å². The summed E-state index contributed by atoms with van der Waals surface area (Å²) >= 11 is 0. The largest absolute Gasteiger partial charge is 0.355 e. The van der Waals surface area contributed by atoms with Crippen molar-refractivity contribution in [2.24, 2.45) is 0 Å². The first-order chi connectivity index (χ1) is 12.2. The van der Waals surface area contributed by atoms with Gasteiger partial charge in [0.25, 0.3) is 0 Å². The zero-order chi connectivity index (χ0) is 19.7. The molecule has 0 atom stereocenters. The Kier molecular flexibility index (Phi) is 8.78. The van der Waals surface area contributed by atoms with Crippen molar-refractivity contribution in [2.75, 3.05) is 38.5 Å². The van der Waals surface area contributed by atoms with E-state index in [1.54, 1.807) is 11.9 Å². The third kappa shape index (κ3) is 7.65. The number of anilines is 1. The van der Waals surface area contributed by atoms with Crippen LogP contribution in [-0.4, -0.2) is 55.8 Å². The van der Waals surface area contributed by atoms with Crippen LogP contribution in [0, 0.1) is 20.8 Å². The molecular formula is C19H30N4O3. The van der Waals surface area contributed by atoms with Crippen LogP contribution in [0.4, 0.5) is 5.69 Å². The molecular weight excluding hydrogens is 332 g/mol. The zero-order valence-corrected chi connectivity index (χ0v) is 16.4. The van der Waals surface area contributed by atoms with Crippen LogP contribution in [0.1, 0.15) is 30.0 Å². The average molecular weight is 362 g/mol. The van der Waals surface area contributed by atoms with Crippen LogP contribution in [0.25, 0.3) is 0 Å². The monoisotopic (exact) mass is 362 g/mol. The van der Waals surface area contributed by atoms with Crippen molar-refractivity contribution in [2.45, 2.75) is 34.1 Å². The van der Waals surface area contributed by atoms with Crippen LogP contribution in [0.5, 0.6) is 0 Å². The standard InChI is InChI=1S/C19H30N4O3/c1-6-7-20-16(24)10-21-17(25)11-23(5)12-18(26)22-19-14(3)8-13(2)9-15(19)4/h8-9H,6-7,10-12H2,1-5H3,(H,20,24)(H,21,25)(H,22,26). The number of aryl methyl sites for hydroxylation is 3. The highest BCUT2D eigenvalue weighted by Crippen LogP contribution is 2.21. The summed E-state index contributed by atoms with van der Waals surface area (Å²) in [6.45, 7) is 8.54. The second kappa shape index (κ2) is 10.6. The summed E-state index contributed by atoms with van der Waals surface area (Å²) in [4.78, 5) is 37.1. The van der Waals surface area contributed by atoms with E-state index >= 15 is 0 Å². The third-order valence-corrected chi connectivity index (χ3v) is 3.79. The fourth-order valence-corrected chi connectivity index (χ4v) is 2.66. The molecule has 144 valence electrons. The summed E-state index contributed by atoms with van der Waals surface area (Å²) in [6, 6.07) is 4.03. The maximum atomic E-state index is 12.2. The van der Waals surface area contributed by atoms with Crippen molar-refractivity contribution in [1.82, 2.24) is 15.5 Å². The minimum Gasteiger partial charge on any atom is -0.355 e. The van der Waals surface area contributed by atoms with Gasteiger partial charge in [-0.2, -0.15) is 0 Å². The van der Waals surface area contributed by atoms with E-state index in [2.05, 4.69) is 16.0 Å². The summed E-state index contributed by atoms with van der Waals surface area (Å²) < 4.78 is 0. The molecule has 0 aliphatic heterocycles. The van der Waals surface area contributed by atoms with Crippen LogP contribution in [0.15, 0.2) is 12.1 Å². The molecule has 0 bridgehead atoms. The number of nitrogens with zero attached hydrogens (tertiary/aromatic N) is 1. The number of benzene rings is 1. The van der Waals surface area contributed by atoms with Gasteiger partial charge in [0.15, 0.2) is 0 Å². The van der Waals surface area contributed by atoms with Crippen molar-refractivity contribution >= 4 is 23.4 Å². The summed E-state index contributed by atoms with van der Waals surface area (Å²) in [5, 5.41) is 8.14. The second-order valence-electron chi connectivity index (χ2n) is 6.62. The third-order valence-electron chi connectivity index (χ3n) is 3.79. The Morgan fingerprint density at radius 3 is 2.08 bits per heavy atom.